The number of nitrogens with one attached hydrogen (secondary N) is 1. The molecule has 0 bridgehead atoms. The SMILES string of the molecule is CS(=O)(=O)Nc1nc(CCO)cs1. The van der Waals surface area contributed by atoms with E-state index in [2.05, 4.69) is 9.71 Å². The van der Waals surface area contributed by atoms with E-state index in [-0.39, 0.29) is 6.61 Å². The van der Waals surface area contributed by atoms with Gasteiger partial charge in [-0.15, -0.1) is 11.3 Å². The molecule has 0 aliphatic carbocycles. The first-order valence-corrected chi connectivity index (χ1v) is 6.31. The molecule has 2 N–H and O–H groups in total. The molecular formula is C6H10N2O3S2. The fourth-order valence-electron chi connectivity index (χ4n) is 0.742. The minimum absolute atomic E-state index is 0.0159. The number of anilines is 1. The lowest BCUT2D eigenvalue weighted by atomic mass is 10.4. The minimum atomic E-state index is -3.24. The number of aliphatic hydroxyl groups excluding tert-OH is 1. The van der Waals surface area contributed by atoms with E-state index in [0.29, 0.717) is 17.2 Å². The standard InChI is InChI=1S/C6H10N2O3S2/c1-13(10,11)8-6-7-5(2-3-9)4-12-6/h4,9H,2-3H2,1H3,(H,7,8). The van der Waals surface area contributed by atoms with Crippen LogP contribution in [0.1, 0.15) is 5.69 Å². The van der Waals surface area contributed by atoms with Crippen molar-refractivity contribution in [1.82, 2.24) is 4.98 Å². The third-order valence-corrected chi connectivity index (χ3v) is 2.69. The monoisotopic (exact) mass is 222 g/mol. The highest BCUT2D eigenvalue weighted by molar-refractivity contribution is 7.92. The minimum Gasteiger partial charge on any atom is -0.396 e. The maximum absolute atomic E-state index is 10.8. The van der Waals surface area contributed by atoms with Gasteiger partial charge in [-0.2, -0.15) is 0 Å². The summed E-state index contributed by atoms with van der Waals surface area (Å²) in [6.45, 7) is 0.0159. The number of nitrogens with zero attached hydrogens (tertiary/aromatic N) is 1. The van der Waals surface area contributed by atoms with Gasteiger partial charge in [-0.1, -0.05) is 0 Å². The second kappa shape index (κ2) is 4.03. The molecule has 0 spiro atoms. The van der Waals surface area contributed by atoms with Crippen LogP contribution in [-0.2, 0) is 16.4 Å². The van der Waals surface area contributed by atoms with Crippen LogP contribution in [-0.4, -0.2) is 31.4 Å². The van der Waals surface area contributed by atoms with Crippen LogP contribution in [0.5, 0.6) is 0 Å². The molecule has 13 heavy (non-hydrogen) atoms. The Labute approximate surface area is 80.5 Å². The van der Waals surface area contributed by atoms with Crippen molar-refractivity contribution in [3.8, 4) is 0 Å². The van der Waals surface area contributed by atoms with Crippen molar-refractivity contribution in [2.45, 2.75) is 6.42 Å². The smallest absolute Gasteiger partial charge is 0.231 e. The summed E-state index contributed by atoms with van der Waals surface area (Å²) in [5, 5.41) is 10.6. The Balaban J connectivity index is 2.69. The van der Waals surface area contributed by atoms with E-state index < -0.39 is 10.0 Å². The van der Waals surface area contributed by atoms with E-state index >= 15 is 0 Å². The molecule has 0 aliphatic rings. The largest absolute Gasteiger partial charge is 0.396 e. The summed E-state index contributed by atoms with van der Waals surface area (Å²) >= 11 is 1.20. The van der Waals surface area contributed by atoms with Gasteiger partial charge in [0.05, 0.1) is 11.9 Å². The van der Waals surface area contributed by atoms with Crippen molar-refractivity contribution in [2.75, 3.05) is 17.6 Å². The van der Waals surface area contributed by atoms with Crippen molar-refractivity contribution in [3.05, 3.63) is 11.1 Å². The molecule has 0 fully saturated rings. The number of sulfonamides is 1. The van der Waals surface area contributed by atoms with Gasteiger partial charge in [0.25, 0.3) is 0 Å². The average molecular weight is 222 g/mol. The molecule has 7 heteroatoms. The number of hydrogen-bond donors (Lipinski definition) is 2. The lowest BCUT2D eigenvalue weighted by Gasteiger charge is -1.96. The first-order valence-electron chi connectivity index (χ1n) is 3.54. The second-order valence-corrected chi connectivity index (χ2v) is 5.10. The topological polar surface area (TPSA) is 79.3 Å². The molecule has 0 saturated heterocycles. The van der Waals surface area contributed by atoms with E-state index in [1.165, 1.54) is 11.3 Å². The Kier molecular flexibility index (Phi) is 3.23. The third-order valence-electron chi connectivity index (χ3n) is 1.19. The van der Waals surface area contributed by atoms with Crippen LogP contribution in [0.15, 0.2) is 5.38 Å². The maximum Gasteiger partial charge on any atom is 0.231 e. The molecule has 0 saturated carbocycles. The van der Waals surface area contributed by atoms with Crippen molar-refractivity contribution < 1.29 is 13.5 Å². The number of hydrogen-bond acceptors (Lipinski definition) is 5. The van der Waals surface area contributed by atoms with Gasteiger partial charge >= 0.3 is 0 Å². The van der Waals surface area contributed by atoms with Crippen LogP contribution in [0.2, 0.25) is 0 Å². The third kappa shape index (κ3) is 3.71. The molecule has 74 valence electrons. The summed E-state index contributed by atoms with van der Waals surface area (Å²) in [5.74, 6) is 0. The summed E-state index contributed by atoms with van der Waals surface area (Å²) in [6, 6.07) is 0. The number of aliphatic hydroxyl groups is 1. The lowest BCUT2D eigenvalue weighted by molar-refractivity contribution is 0.298. The first kappa shape index (κ1) is 10.4. The molecular weight excluding hydrogens is 212 g/mol. The highest BCUT2D eigenvalue weighted by atomic mass is 32.2. The van der Waals surface area contributed by atoms with E-state index in [1.54, 1.807) is 5.38 Å². The highest BCUT2D eigenvalue weighted by Gasteiger charge is 2.05. The molecule has 0 radical (unpaired) electrons. The fraction of sp³-hybridized carbons (Fsp3) is 0.500. The van der Waals surface area contributed by atoms with E-state index in [9.17, 15) is 8.42 Å². The predicted molar refractivity (Wildman–Crippen MR) is 51.4 cm³/mol. The van der Waals surface area contributed by atoms with Crippen molar-refractivity contribution in [3.63, 3.8) is 0 Å². The van der Waals surface area contributed by atoms with Crippen molar-refractivity contribution >= 4 is 26.5 Å². The van der Waals surface area contributed by atoms with Gasteiger partial charge in [0.2, 0.25) is 10.0 Å². The van der Waals surface area contributed by atoms with E-state index in [0.717, 1.165) is 6.26 Å². The molecule has 1 heterocycles. The summed E-state index contributed by atoms with van der Waals surface area (Å²) in [6.07, 6.45) is 1.52. The Morgan fingerprint density at radius 1 is 1.69 bits per heavy atom. The molecule has 0 aliphatic heterocycles. The quantitative estimate of drug-likeness (QED) is 0.754. The molecule has 1 aromatic rings. The molecule has 0 amide bonds. The normalized spacial score (nSPS) is 11.5. The maximum atomic E-state index is 10.8. The highest BCUT2D eigenvalue weighted by Crippen LogP contribution is 2.16. The van der Waals surface area contributed by atoms with Gasteiger partial charge in [-0.3, -0.25) is 4.72 Å². The van der Waals surface area contributed by atoms with Crippen LogP contribution < -0.4 is 4.72 Å². The Hall–Kier alpha value is -0.660. The number of aromatic nitrogens is 1. The van der Waals surface area contributed by atoms with E-state index in [1.807, 2.05) is 0 Å². The summed E-state index contributed by atoms with van der Waals surface area (Å²) < 4.78 is 23.8. The average Bonchev–Trinajstić information content (AvgIpc) is 2.33. The van der Waals surface area contributed by atoms with Gasteiger partial charge in [0.1, 0.15) is 0 Å². The summed E-state index contributed by atoms with van der Waals surface area (Å²) in [4.78, 5) is 3.95. The molecule has 1 aromatic heterocycles. The van der Waals surface area contributed by atoms with Crippen LogP contribution in [0.4, 0.5) is 5.13 Å². The van der Waals surface area contributed by atoms with Gasteiger partial charge < -0.3 is 5.11 Å². The lowest BCUT2D eigenvalue weighted by Crippen LogP contribution is -2.09. The fourth-order valence-corrected chi connectivity index (χ4v) is 2.34. The summed E-state index contributed by atoms with van der Waals surface area (Å²) in [5.41, 5.74) is 0.693. The first-order chi connectivity index (χ1) is 6.01. The molecule has 0 aromatic carbocycles. The van der Waals surface area contributed by atoms with Crippen LogP contribution in [0, 0.1) is 0 Å². The Morgan fingerprint density at radius 3 is 2.92 bits per heavy atom. The number of rotatable bonds is 4. The van der Waals surface area contributed by atoms with Crippen LogP contribution in [0.3, 0.4) is 0 Å². The Bertz CT molecular complexity index is 371. The summed E-state index contributed by atoms with van der Waals surface area (Å²) in [7, 11) is -3.24. The van der Waals surface area contributed by atoms with Gasteiger partial charge in [-0.05, 0) is 0 Å². The molecule has 5 nitrogen and oxygen atoms in total. The number of thiazole rings is 1. The molecule has 1 rings (SSSR count). The van der Waals surface area contributed by atoms with Crippen molar-refractivity contribution in [2.24, 2.45) is 0 Å². The van der Waals surface area contributed by atoms with E-state index in [4.69, 9.17) is 5.11 Å². The molecule has 0 atom stereocenters. The van der Waals surface area contributed by atoms with Crippen LogP contribution >= 0.6 is 11.3 Å². The van der Waals surface area contributed by atoms with Gasteiger partial charge in [-0.25, -0.2) is 13.4 Å². The second-order valence-electron chi connectivity index (χ2n) is 2.49. The zero-order valence-electron chi connectivity index (χ0n) is 7.02. The van der Waals surface area contributed by atoms with Crippen LogP contribution in [0.25, 0.3) is 0 Å². The zero-order valence-corrected chi connectivity index (χ0v) is 8.65. The zero-order chi connectivity index (χ0) is 9.90. The predicted octanol–water partition coefficient (Wildman–Crippen LogP) is 0.0494. The van der Waals surface area contributed by atoms with Gasteiger partial charge in [0.15, 0.2) is 5.13 Å². The molecule has 0 unspecified atom stereocenters. The van der Waals surface area contributed by atoms with Gasteiger partial charge in [0, 0.05) is 18.4 Å². The van der Waals surface area contributed by atoms with Crippen molar-refractivity contribution in [1.29, 1.82) is 0 Å². The Morgan fingerprint density at radius 2 is 2.38 bits per heavy atom.